The number of nitrogens with zero attached hydrogens (tertiary/aromatic N) is 2. The van der Waals surface area contributed by atoms with Gasteiger partial charge in [0.2, 0.25) is 0 Å². The molecule has 2 aliphatic rings. The number of halogens is 1. The summed E-state index contributed by atoms with van der Waals surface area (Å²) in [5.74, 6) is 1.90. The second kappa shape index (κ2) is 7.70. The monoisotopic (exact) mass is 379 g/mol. The topological polar surface area (TPSA) is 27.6 Å². The number of aliphatic imine (C=N–C) groups is 1. The molecule has 0 aromatic rings. The number of nitrogens with one attached hydrogen (secondary N) is 1. The fourth-order valence-corrected chi connectivity index (χ4v) is 3.06. The van der Waals surface area contributed by atoms with Gasteiger partial charge < -0.3 is 10.2 Å². The lowest BCUT2D eigenvalue weighted by Gasteiger charge is -2.38. The van der Waals surface area contributed by atoms with E-state index < -0.39 is 0 Å². The van der Waals surface area contributed by atoms with Crippen molar-refractivity contribution < 1.29 is 0 Å². The van der Waals surface area contributed by atoms with Crippen LogP contribution in [0.4, 0.5) is 0 Å². The molecule has 0 unspecified atom stereocenters. The number of likely N-dealkylation sites (tertiary alicyclic amines) is 1. The molecule has 1 saturated carbocycles. The minimum absolute atomic E-state index is 0. The molecule has 19 heavy (non-hydrogen) atoms. The van der Waals surface area contributed by atoms with E-state index >= 15 is 0 Å². The first-order valence-corrected chi connectivity index (χ1v) is 7.68. The lowest BCUT2D eigenvalue weighted by atomic mass is 9.68. The summed E-state index contributed by atoms with van der Waals surface area (Å²) in [5.41, 5.74) is 0.661. The van der Waals surface area contributed by atoms with Gasteiger partial charge in [-0.05, 0) is 43.9 Å². The first-order valence-electron chi connectivity index (χ1n) is 7.68. The van der Waals surface area contributed by atoms with E-state index in [9.17, 15) is 0 Å². The molecule has 0 atom stereocenters. The highest BCUT2D eigenvalue weighted by molar-refractivity contribution is 14.0. The average molecular weight is 379 g/mol. The van der Waals surface area contributed by atoms with Crippen LogP contribution in [0.3, 0.4) is 0 Å². The van der Waals surface area contributed by atoms with Crippen molar-refractivity contribution in [3.05, 3.63) is 0 Å². The van der Waals surface area contributed by atoms with Gasteiger partial charge in [-0.2, -0.15) is 0 Å². The summed E-state index contributed by atoms with van der Waals surface area (Å²) in [7, 11) is 0. The van der Waals surface area contributed by atoms with E-state index in [-0.39, 0.29) is 24.0 Å². The van der Waals surface area contributed by atoms with E-state index in [1.165, 1.54) is 45.2 Å². The zero-order valence-corrected chi connectivity index (χ0v) is 15.1. The molecular formula is C15H30IN3. The van der Waals surface area contributed by atoms with Crippen LogP contribution in [0.15, 0.2) is 4.99 Å². The maximum atomic E-state index is 4.79. The fraction of sp³-hybridized carbons (Fsp3) is 0.933. The largest absolute Gasteiger partial charge is 0.357 e. The third kappa shape index (κ3) is 4.50. The Morgan fingerprint density at radius 1 is 1.32 bits per heavy atom. The minimum atomic E-state index is 0. The Bertz CT molecular complexity index is 298. The van der Waals surface area contributed by atoms with Crippen LogP contribution >= 0.6 is 24.0 Å². The van der Waals surface area contributed by atoms with Crippen LogP contribution in [0.5, 0.6) is 0 Å². The van der Waals surface area contributed by atoms with Gasteiger partial charge in [0.25, 0.3) is 0 Å². The summed E-state index contributed by atoms with van der Waals surface area (Å²) < 4.78 is 0. The molecular weight excluding hydrogens is 349 g/mol. The molecule has 0 aromatic carbocycles. The van der Waals surface area contributed by atoms with E-state index in [0.29, 0.717) is 5.41 Å². The fourth-order valence-electron chi connectivity index (χ4n) is 3.06. The minimum Gasteiger partial charge on any atom is -0.357 e. The van der Waals surface area contributed by atoms with Gasteiger partial charge in [0.1, 0.15) is 0 Å². The first kappa shape index (κ1) is 17.1. The van der Waals surface area contributed by atoms with Crippen molar-refractivity contribution in [2.45, 2.75) is 52.9 Å². The molecule has 0 aromatic heterocycles. The Labute approximate surface area is 135 Å². The van der Waals surface area contributed by atoms with Crippen molar-refractivity contribution in [3.63, 3.8) is 0 Å². The molecule has 1 spiro atoms. The lowest BCUT2D eigenvalue weighted by Crippen LogP contribution is -2.42. The molecule has 0 radical (unpaired) electrons. The summed E-state index contributed by atoms with van der Waals surface area (Å²) >= 11 is 0. The van der Waals surface area contributed by atoms with Crippen molar-refractivity contribution in [2.75, 3.05) is 26.2 Å². The van der Waals surface area contributed by atoms with E-state index in [1.54, 1.807) is 0 Å². The Morgan fingerprint density at radius 2 is 2.05 bits per heavy atom. The molecule has 0 bridgehead atoms. The van der Waals surface area contributed by atoms with Crippen molar-refractivity contribution in [1.82, 2.24) is 10.2 Å². The third-order valence-corrected chi connectivity index (χ3v) is 4.45. The van der Waals surface area contributed by atoms with Crippen LogP contribution in [0.1, 0.15) is 52.9 Å². The van der Waals surface area contributed by atoms with Crippen LogP contribution in [-0.2, 0) is 0 Å². The maximum absolute atomic E-state index is 4.79. The Kier molecular flexibility index (Phi) is 6.91. The smallest absolute Gasteiger partial charge is 0.193 e. The van der Waals surface area contributed by atoms with Crippen molar-refractivity contribution in [3.8, 4) is 0 Å². The lowest BCUT2D eigenvalue weighted by molar-refractivity contribution is 0.151. The molecule has 2 rings (SSSR count). The maximum Gasteiger partial charge on any atom is 0.193 e. The zero-order chi connectivity index (χ0) is 13.0. The Morgan fingerprint density at radius 3 is 2.53 bits per heavy atom. The predicted octanol–water partition coefficient (Wildman–Crippen LogP) is 3.49. The van der Waals surface area contributed by atoms with Crippen molar-refractivity contribution in [1.29, 1.82) is 0 Å². The standard InChI is InChI=1S/C15H29N3.HI/c1-4-16-14(17-10-6-13(2)3)18-11-9-15(12-18)7-5-8-15;/h13H,4-12H2,1-3H3,(H,16,17);1H. The molecule has 1 saturated heterocycles. The molecule has 1 aliphatic carbocycles. The van der Waals surface area contributed by atoms with Gasteiger partial charge in [0.05, 0.1) is 0 Å². The molecule has 4 heteroatoms. The Balaban J connectivity index is 0.00000180. The summed E-state index contributed by atoms with van der Waals surface area (Å²) in [5, 5.41) is 3.46. The van der Waals surface area contributed by atoms with Gasteiger partial charge >= 0.3 is 0 Å². The number of rotatable bonds is 4. The second-order valence-electron chi connectivity index (χ2n) is 6.44. The number of hydrogen-bond donors (Lipinski definition) is 1. The molecule has 1 aliphatic heterocycles. The van der Waals surface area contributed by atoms with Crippen molar-refractivity contribution in [2.24, 2.45) is 16.3 Å². The molecule has 1 N–H and O–H groups in total. The summed E-state index contributed by atoms with van der Waals surface area (Å²) in [6.45, 7) is 11.1. The Hall–Kier alpha value is 0. The second-order valence-corrected chi connectivity index (χ2v) is 6.44. The van der Waals surface area contributed by atoms with Gasteiger partial charge in [-0.25, -0.2) is 0 Å². The first-order chi connectivity index (χ1) is 8.65. The van der Waals surface area contributed by atoms with Crippen molar-refractivity contribution >= 4 is 29.9 Å². The van der Waals surface area contributed by atoms with Crippen LogP contribution < -0.4 is 5.32 Å². The zero-order valence-electron chi connectivity index (χ0n) is 12.7. The van der Waals surface area contributed by atoms with E-state index in [0.717, 1.165) is 25.0 Å². The van der Waals surface area contributed by atoms with Crippen LogP contribution in [0.2, 0.25) is 0 Å². The van der Waals surface area contributed by atoms with E-state index in [4.69, 9.17) is 4.99 Å². The highest BCUT2D eigenvalue weighted by atomic mass is 127. The van der Waals surface area contributed by atoms with E-state index in [2.05, 4.69) is 31.0 Å². The predicted molar refractivity (Wildman–Crippen MR) is 93.3 cm³/mol. The van der Waals surface area contributed by atoms with Crippen LogP contribution in [-0.4, -0.2) is 37.0 Å². The summed E-state index contributed by atoms with van der Waals surface area (Å²) in [6, 6.07) is 0. The van der Waals surface area contributed by atoms with Gasteiger partial charge in [0, 0.05) is 26.2 Å². The van der Waals surface area contributed by atoms with Crippen LogP contribution in [0, 0.1) is 11.3 Å². The summed E-state index contributed by atoms with van der Waals surface area (Å²) in [6.07, 6.45) is 6.88. The molecule has 1 heterocycles. The average Bonchev–Trinajstić information content (AvgIpc) is 2.72. The molecule has 2 fully saturated rings. The number of hydrogen-bond acceptors (Lipinski definition) is 1. The quantitative estimate of drug-likeness (QED) is 0.460. The summed E-state index contributed by atoms with van der Waals surface area (Å²) in [4.78, 5) is 7.28. The SMILES string of the molecule is CCNC(=NCCC(C)C)N1CCC2(CCC2)C1.I. The highest BCUT2D eigenvalue weighted by Gasteiger charge is 2.43. The molecule has 3 nitrogen and oxygen atoms in total. The molecule has 0 amide bonds. The van der Waals surface area contributed by atoms with Gasteiger partial charge in [-0.15, -0.1) is 24.0 Å². The number of guanidine groups is 1. The van der Waals surface area contributed by atoms with Crippen LogP contribution in [0.25, 0.3) is 0 Å². The highest BCUT2D eigenvalue weighted by Crippen LogP contribution is 2.47. The van der Waals surface area contributed by atoms with Gasteiger partial charge in [-0.1, -0.05) is 20.3 Å². The molecule has 112 valence electrons. The van der Waals surface area contributed by atoms with Gasteiger partial charge in [0.15, 0.2) is 5.96 Å². The van der Waals surface area contributed by atoms with Gasteiger partial charge in [-0.3, -0.25) is 4.99 Å². The third-order valence-electron chi connectivity index (χ3n) is 4.45. The van der Waals surface area contributed by atoms with E-state index in [1.807, 2.05) is 0 Å². The normalized spacial score (nSPS) is 21.5.